The zero-order valence-corrected chi connectivity index (χ0v) is 19.7. The van der Waals surface area contributed by atoms with E-state index in [2.05, 4.69) is 10.00 Å². The SMILES string of the molecule is Cc1nc(N2CCC3(CC2)Cc2c(F)cccc2[C@H]3N)c2ccnn2c1-c1ccccc1F.Cl. The summed E-state index contributed by atoms with van der Waals surface area (Å²) in [5.41, 5.74) is 11.0. The van der Waals surface area contributed by atoms with Gasteiger partial charge in [0.15, 0.2) is 5.82 Å². The molecule has 1 fully saturated rings. The Morgan fingerprint density at radius 3 is 2.47 bits per heavy atom. The monoisotopic (exact) mass is 481 g/mol. The predicted octanol–water partition coefficient (Wildman–Crippen LogP) is 5.25. The number of rotatable bonds is 2. The lowest BCUT2D eigenvalue weighted by Gasteiger charge is -2.42. The van der Waals surface area contributed by atoms with E-state index in [0.717, 1.165) is 54.1 Å². The molecule has 3 heterocycles. The number of hydrogen-bond acceptors (Lipinski definition) is 4. The van der Waals surface area contributed by atoms with Gasteiger partial charge >= 0.3 is 0 Å². The van der Waals surface area contributed by atoms with Crippen LogP contribution in [0, 0.1) is 24.0 Å². The van der Waals surface area contributed by atoms with Gasteiger partial charge in [0.05, 0.1) is 17.6 Å². The summed E-state index contributed by atoms with van der Waals surface area (Å²) in [6.45, 7) is 3.44. The molecule has 176 valence electrons. The lowest BCUT2D eigenvalue weighted by molar-refractivity contribution is 0.186. The van der Waals surface area contributed by atoms with Crippen LogP contribution in [0.2, 0.25) is 0 Å². The minimum Gasteiger partial charge on any atom is -0.355 e. The summed E-state index contributed by atoms with van der Waals surface area (Å²) in [5.74, 6) is 0.397. The second-order valence-electron chi connectivity index (χ2n) is 9.29. The third kappa shape index (κ3) is 3.29. The van der Waals surface area contributed by atoms with Gasteiger partial charge in [-0.3, -0.25) is 0 Å². The van der Waals surface area contributed by atoms with Gasteiger partial charge in [0.2, 0.25) is 0 Å². The van der Waals surface area contributed by atoms with Crippen LogP contribution in [-0.2, 0) is 6.42 Å². The Morgan fingerprint density at radius 2 is 1.74 bits per heavy atom. The van der Waals surface area contributed by atoms with E-state index < -0.39 is 0 Å². The van der Waals surface area contributed by atoms with Crippen molar-refractivity contribution in [2.75, 3.05) is 18.0 Å². The smallest absolute Gasteiger partial charge is 0.155 e. The molecule has 1 saturated heterocycles. The molecule has 34 heavy (non-hydrogen) atoms. The summed E-state index contributed by atoms with van der Waals surface area (Å²) < 4.78 is 30.8. The van der Waals surface area contributed by atoms with E-state index in [1.54, 1.807) is 28.9 Å². The predicted molar refractivity (Wildman–Crippen MR) is 131 cm³/mol. The second kappa shape index (κ2) is 8.32. The third-order valence-electron chi connectivity index (χ3n) is 7.57. The van der Waals surface area contributed by atoms with Crippen LogP contribution in [0.1, 0.15) is 35.7 Å². The molecule has 2 aromatic heterocycles. The summed E-state index contributed by atoms with van der Waals surface area (Å²) in [5, 5.41) is 4.49. The van der Waals surface area contributed by atoms with Crippen molar-refractivity contribution >= 4 is 23.7 Å². The van der Waals surface area contributed by atoms with Gasteiger partial charge in [0, 0.05) is 24.7 Å². The number of benzene rings is 2. The van der Waals surface area contributed by atoms with Crippen LogP contribution in [0.4, 0.5) is 14.6 Å². The molecule has 1 atom stereocenters. The van der Waals surface area contributed by atoms with E-state index in [1.807, 2.05) is 25.1 Å². The molecule has 0 unspecified atom stereocenters. The first-order valence-electron chi connectivity index (χ1n) is 11.4. The quantitative estimate of drug-likeness (QED) is 0.425. The first kappa shape index (κ1) is 22.7. The molecule has 2 aromatic carbocycles. The normalized spacial score (nSPS) is 18.8. The Morgan fingerprint density at radius 1 is 1.00 bits per heavy atom. The second-order valence-corrected chi connectivity index (χ2v) is 9.29. The summed E-state index contributed by atoms with van der Waals surface area (Å²) in [7, 11) is 0. The van der Waals surface area contributed by atoms with Gasteiger partial charge in [0.25, 0.3) is 0 Å². The zero-order chi connectivity index (χ0) is 22.7. The van der Waals surface area contributed by atoms with Crippen molar-refractivity contribution in [3.63, 3.8) is 0 Å². The fourth-order valence-corrected chi connectivity index (χ4v) is 5.76. The van der Waals surface area contributed by atoms with Gasteiger partial charge in [-0.25, -0.2) is 18.3 Å². The van der Waals surface area contributed by atoms with Gasteiger partial charge in [-0.05, 0) is 67.0 Å². The highest BCUT2D eigenvalue weighted by atomic mass is 35.5. The van der Waals surface area contributed by atoms with Crippen molar-refractivity contribution in [3.8, 4) is 11.3 Å². The van der Waals surface area contributed by atoms with E-state index in [1.165, 1.54) is 12.1 Å². The first-order chi connectivity index (χ1) is 16.0. The molecule has 5 nitrogen and oxygen atoms in total. The van der Waals surface area contributed by atoms with Crippen molar-refractivity contribution in [1.82, 2.24) is 14.6 Å². The van der Waals surface area contributed by atoms with E-state index >= 15 is 0 Å². The van der Waals surface area contributed by atoms with Crippen LogP contribution >= 0.6 is 12.4 Å². The molecule has 1 aliphatic carbocycles. The minimum absolute atomic E-state index is 0. The lowest BCUT2D eigenvalue weighted by Crippen LogP contribution is -2.44. The largest absolute Gasteiger partial charge is 0.355 e. The highest BCUT2D eigenvalue weighted by Gasteiger charge is 2.47. The van der Waals surface area contributed by atoms with Crippen LogP contribution in [0.3, 0.4) is 0 Å². The van der Waals surface area contributed by atoms with E-state index in [4.69, 9.17) is 10.7 Å². The molecule has 0 radical (unpaired) electrons. The summed E-state index contributed by atoms with van der Waals surface area (Å²) in [6, 6.07) is 13.7. The van der Waals surface area contributed by atoms with Crippen LogP contribution in [0.5, 0.6) is 0 Å². The van der Waals surface area contributed by atoms with Crippen molar-refractivity contribution in [1.29, 1.82) is 0 Å². The lowest BCUT2D eigenvalue weighted by atomic mass is 9.73. The number of halogens is 3. The number of hydrogen-bond donors (Lipinski definition) is 1. The molecule has 8 heteroatoms. The standard InChI is InChI=1S/C26H25F2N5.ClH/c1-16-23(18-5-2-3-7-20(18)27)33-22(9-12-30-33)25(31-16)32-13-10-26(11-14-32)15-19-17(24(26)29)6-4-8-21(19)28;/h2-9,12,24H,10-11,13-15,29H2,1H3;1H/t24-;/m1./s1. The molecule has 1 aliphatic heterocycles. The maximum atomic E-state index is 14.6. The summed E-state index contributed by atoms with van der Waals surface area (Å²) in [4.78, 5) is 7.17. The van der Waals surface area contributed by atoms with Gasteiger partial charge in [-0.15, -0.1) is 12.4 Å². The Bertz CT molecular complexity index is 1380. The molecule has 0 amide bonds. The molecule has 1 spiro atoms. The number of aromatic nitrogens is 3. The van der Waals surface area contributed by atoms with Gasteiger partial charge < -0.3 is 10.6 Å². The number of anilines is 1. The Balaban J connectivity index is 0.00000241. The topological polar surface area (TPSA) is 59.5 Å². The third-order valence-corrected chi connectivity index (χ3v) is 7.57. The van der Waals surface area contributed by atoms with Crippen LogP contribution in [-0.4, -0.2) is 27.7 Å². The highest BCUT2D eigenvalue weighted by molar-refractivity contribution is 5.85. The molecule has 2 aliphatic rings. The zero-order valence-electron chi connectivity index (χ0n) is 18.8. The number of piperidine rings is 1. The van der Waals surface area contributed by atoms with Gasteiger partial charge in [-0.1, -0.05) is 24.3 Å². The maximum absolute atomic E-state index is 14.6. The number of nitrogens with two attached hydrogens (primary N) is 1. The Hall–Kier alpha value is -3.03. The summed E-state index contributed by atoms with van der Waals surface area (Å²) >= 11 is 0. The number of aryl methyl sites for hydroxylation is 1. The Kier molecular flexibility index (Phi) is 5.57. The first-order valence-corrected chi connectivity index (χ1v) is 11.4. The molecular formula is C26H26ClF2N5. The molecular weight excluding hydrogens is 456 g/mol. The van der Waals surface area contributed by atoms with Crippen molar-refractivity contribution in [3.05, 3.63) is 83.2 Å². The van der Waals surface area contributed by atoms with Crippen molar-refractivity contribution < 1.29 is 8.78 Å². The van der Waals surface area contributed by atoms with Crippen molar-refractivity contribution in [2.24, 2.45) is 11.1 Å². The van der Waals surface area contributed by atoms with E-state index in [9.17, 15) is 8.78 Å². The van der Waals surface area contributed by atoms with E-state index in [-0.39, 0.29) is 35.5 Å². The van der Waals surface area contributed by atoms with Gasteiger partial charge in [0.1, 0.15) is 17.2 Å². The van der Waals surface area contributed by atoms with Gasteiger partial charge in [-0.2, -0.15) is 5.10 Å². The number of nitrogens with zero attached hydrogens (tertiary/aromatic N) is 4. The average molecular weight is 482 g/mol. The van der Waals surface area contributed by atoms with E-state index in [0.29, 0.717) is 17.7 Å². The fourth-order valence-electron chi connectivity index (χ4n) is 5.76. The van der Waals surface area contributed by atoms with Crippen molar-refractivity contribution in [2.45, 2.75) is 32.2 Å². The van der Waals surface area contributed by atoms with Crippen LogP contribution < -0.4 is 10.6 Å². The van der Waals surface area contributed by atoms with Crippen LogP contribution in [0.25, 0.3) is 16.8 Å². The summed E-state index contributed by atoms with van der Waals surface area (Å²) in [6.07, 6.45) is 4.13. The Labute approximate surface area is 203 Å². The molecule has 0 bridgehead atoms. The molecule has 6 rings (SSSR count). The number of fused-ring (bicyclic) bond motifs is 2. The molecule has 0 saturated carbocycles. The maximum Gasteiger partial charge on any atom is 0.155 e. The average Bonchev–Trinajstić information content (AvgIpc) is 3.40. The fraction of sp³-hybridized carbons (Fsp3) is 0.308. The highest BCUT2D eigenvalue weighted by Crippen LogP contribution is 2.51. The minimum atomic E-state index is -0.297. The van der Waals surface area contributed by atoms with Crippen LogP contribution in [0.15, 0.2) is 54.7 Å². The molecule has 4 aromatic rings. The molecule has 2 N–H and O–H groups in total.